The van der Waals surface area contributed by atoms with Gasteiger partial charge in [0.1, 0.15) is 6.04 Å². The van der Waals surface area contributed by atoms with Crippen LogP contribution in [0.15, 0.2) is 12.5 Å². The Hall–Kier alpha value is -1.45. The zero-order chi connectivity index (χ0) is 13.6. The van der Waals surface area contributed by atoms with Crippen molar-refractivity contribution in [3.8, 4) is 0 Å². The first-order valence-electron chi connectivity index (χ1n) is 5.41. The Balaban J connectivity index is 2.66. The van der Waals surface area contributed by atoms with E-state index in [4.69, 9.17) is 5.11 Å². The van der Waals surface area contributed by atoms with Crippen molar-refractivity contribution in [3.63, 3.8) is 0 Å². The molecule has 0 aliphatic rings. The van der Waals surface area contributed by atoms with Crippen LogP contribution < -0.4 is 9.44 Å². The topological polar surface area (TPSA) is 124 Å². The fourth-order valence-corrected chi connectivity index (χ4v) is 2.38. The number of carboxylic acid groups (broad SMARTS) is 1. The van der Waals surface area contributed by atoms with Gasteiger partial charge in [-0.25, -0.2) is 9.71 Å². The molecule has 1 heterocycles. The lowest BCUT2D eigenvalue weighted by atomic mass is 10.2. The molecule has 18 heavy (non-hydrogen) atoms. The Morgan fingerprint density at radius 2 is 2.33 bits per heavy atom. The van der Waals surface area contributed by atoms with E-state index in [2.05, 4.69) is 19.4 Å². The first kappa shape index (κ1) is 14.6. The summed E-state index contributed by atoms with van der Waals surface area (Å²) in [5.41, 5.74) is 0.542. The number of hydrogen-bond acceptors (Lipinski definition) is 4. The number of aromatic amines is 1. The van der Waals surface area contributed by atoms with E-state index in [-0.39, 0.29) is 13.0 Å². The highest BCUT2D eigenvalue weighted by Crippen LogP contribution is 2.00. The number of aromatic nitrogens is 2. The Bertz CT molecular complexity index is 471. The average molecular weight is 276 g/mol. The summed E-state index contributed by atoms with van der Waals surface area (Å²) in [6.07, 6.45) is 3.48. The second-order valence-corrected chi connectivity index (χ2v) is 5.22. The maximum atomic E-state index is 11.5. The zero-order valence-electron chi connectivity index (χ0n) is 9.88. The van der Waals surface area contributed by atoms with Crippen LogP contribution in [0.3, 0.4) is 0 Å². The number of H-pyrrole nitrogens is 1. The standard InChI is InChI=1S/C9H16N4O4S/c1-2-3-12-18(16,17)13-8(9(14)15)4-7-5-10-6-11-7/h5-6,8,12-13H,2-4H2,1H3,(H,10,11)(H,14,15)/t8-/m0/s1. The summed E-state index contributed by atoms with van der Waals surface area (Å²) in [4.78, 5) is 17.4. The highest BCUT2D eigenvalue weighted by molar-refractivity contribution is 7.87. The minimum Gasteiger partial charge on any atom is -0.480 e. The van der Waals surface area contributed by atoms with E-state index >= 15 is 0 Å². The van der Waals surface area contributed by atoms with Crippen LogP contribution in [-0.2, 0) is 21.4 Å². The summed E-state index contributed by atoms with van der Waals surface area (Å²) in [5, 5.41) is 8.97. The maximum absolute atomic E-state index is 11.5. The van der Waals surface area contributed by atoms with E-state index in [9.17, 15) is 13.2 Å². The molecule has 0 amide bonds. The SMILES string of the molecule is CCCNS(=O)(=O)N[C@@H](Cc1cnc[nH]1)C(=O)O. The quantitative estimate of drug-likeness (QED) is 0.497. The van der Waals surface area contributed by atoms with Crippen LogP contribution in [-0.4, -0.2) is 42.0 Å². The van der Waals surface area contributed by atoms with Crippen molar-refractivity contribution in [2.45, 2.75) is 25.8 Å². The Labute approximate surface area is 105 Å². The number of nitrogens with zero attached hydrogens (tertiary/aromatic N) is 1. The van der Waals surface area contributed by atoms with Crippen molar-refractivity contribution in [2.75, 3.05) is 6.54 Å². The summed E-state index contributed by atoms with van der Waals surface area (Å²) >= 11 is 0. The number of hydrogen-bond donors (Lipinski definition) is 4. The molecule has 1 atom stereocenters. The Morgan fingerprint density at radius 3 is 2.83 bits per heavy atom. The molecule has 0 aliphatic heterocycles. The summed E-state index contributed by atoms with van der Waals surface area (Å²) < 4.78 is 27.4. The number of imidazole rings is 1. The molecular weight excluding hydrogens is 260 g/mol. The molecule has 0 unspecified atom stereocenters. The molecule has 1 aromatic rings. The van der Waals surface area contributed by atoms with Crippen molar-refractivity contribution in [1.82, 2.24) is 19.4 Å². The molecule has 0 radical (unpaired) electrons. The van der Waals surface area contributed by atoms with E-state index in [0.717, 1.165) is 0 Å². The van der Waals surface area contributed by atoms with E-state index in [0.29, 0.717) is 12.1 Å². The van der Waals surface area contributed by atoms with E-state index in [1.54, 1.807) is 0 Å². The average Bonchev–Trinajstić information content (AvgIpc) is 2.78. The minimum absolute atomic E-state index is 0.00235. The summed E-state index contributed by atoms with van der Waals surface area (Å²) in [5.74, 6) is -1.24. The van der Waals surface area contributed by atoms with Crippen molar-refractivity contribution in [1.29, 1.82) is 0 Å². The van der Waals surface area contributed by atoms with Gasteiger partial charge in [-0.3, -0.25) is 4.79 Å². The third-order valence-corrected chi connectivity index (χ3v) is 3.30. The second-order valence-electron chi connectivity index (χ2n) is 3.69. The largest absolute Gasteiger partial charge is 0.480 e. The molecule has 8 nitrogen and oxygen atoms in total. The predicted molar refractivity (Wildman–Crippen MR) is 64.1 cm³/mol. The first-order chi connectivity index (χ1) is 8.44. The van der Waals surface area contributed by atoms with E-state index in [1.165, 1.54) is 12.5 Å². The third-order valence-electron chi connectivity index (χ3n) is 2.12. The lowest BCUT2D eigenvalue weighted by Gasteiger charge is -2.14. The van der Waals surface area contributed by atoms with Gasteiger partial charge in [0.2, 0.25) is 0 Å². The molecule has 0 fully saturated rings. The van der Waals surface area contributed by atoms with Gasteiger partial charge in [-0.05, 0) is 6.42 Å². The summed E-state index contributed by atoms with van der Waals surface area (Å²) in [6, 6.07) is -1.24. The fourth-order valence-electron chi connectivity index (χ4n) is 1.26. The van der Waals surface area contributed by atoms with Crippen LogP contribution in [0.1, 0.15) is 19.0 Å². The normalized spacial score (nSPS) is 13.4. The van der Waals surface area contributed by atoms with E-state index in [1.807, 2.05) is 6.92 Å². The van der Waals surface area contributed by atoms with Gasteiger partial charge in [0.05, 0.1) is 6.33 Å². The van der Waals surface area contributed by atoms with Crippen molar-refractivity contribution >= 4 is 16.2 Å². The summed E-state index contributed by atoms with van der Waals surface area (Å²) in [6.45, 7) is 2.06. The van der Waals surface area contributed by atoms with Gasteiger partial charge in [0, 0.05) is 24.9 Å². The lowest BCUT2D eigenvalue weighted by molar-refractivity contribution is -0.138. The van der Waals surface area contributed by atoms with Crippen molar-refractivity contribution < 1.29 is 18.3 Å². The van der Waals surface area contributed by atoms with Gasteiger partial charge in [-0.1, -0.05) is 6.92 Å². The van der Waals surface area contributed by atoms with Crippen LogP contribution in [0.5, 0.6) is 0 Å². The lowest BCUT2D eigenvalue weighted by Crippen LogP contribution is -2.47. The van der Waals surface area contributed by atoms with Gasteiger partial charge in [0.15, 0.2) is 0 Å². The molecule has 0 bridgehead atoms. The minimum atomic E-state index is -3.81. The number of aliphatic carboxylic acids is 1. The number of carboxylic acids is 1. The van der Waals surface area contributed by atoms with Crippen LogP contribution in [0.2, 0.25) is 0 Å². The second kappa shape index (κ2) is 6.47. The molecule has 0 saturated heterocycles. The Kier molecular flexibility index (Phi) is 5.25. The third kappa shape index (κ3) is 4.82. The van der Waals surface area contributed by atoms with Gasteiger partial charge >= 0.3 is 5.97 Å². The first-order valence-corrected chi connectivity index (χ1v) is 6.90. The molecule has 4 N–H and O–H groups in total. The van der Waals surface area contributed by atoms with Crippen LogP contribution in [0, 0.1) is 0 Å². The molecule has 0 aliphatic carbocycles. The number of rotatable bonds is 8. The molecule has 9 heteroatoms. The van der Waals surface area contributed by atoms with Gasteiger partial charge in [0.25, 0.3) is 10.2 Å². The highest BCUT2D eigenvalue weighted by Gasteiger charge is 2.24. The van der Waals surface area contributed by atoms with Crippen LogP contribution >= 0.6 is 0 Å². The molecule has 1 rings (SSSR count). The number of carbonyl (C=O) groups is 1. The van der Waals surface area contributed by atoms with Crippen LogP contribution in [0.4, 0.5) is 0 Å². The molecule has 102 valence electrons. The monoisotopic (exact) mass is 276 g/mol. The molecule has 0 aromatic carbocycles. The summed E-state index contributed by atoms with van der Waals surface area (Å²) in [7, 11) is -3.81. The van der Waals surface area contributed by atoms with Gasteiger partial charge in [-0.2, -0.15) is 13.1 Å². The fraction of sp³-hybridized carbons (Fsp3) is 0.556. The smallest absolute Gasteiger partial charge is 0.322 e. The maximum Gasteiger partial charge on any atom is 0.322 e. The molecule has 0 saturated carbocycles. The van der Waals surface area contributed by atoms with E-state index < -0.39 is 22.2 Å². The van der Waals surface area contributed by atoms with Gasteiger partial charge in [-0.15, -0.1) is 0 Å². The van der Waals surface area contributed by atoms with Crippen LogP contribution in [0.25, 0.3) is 0 Å². The zero-order valence-corrected chi connectivity index (χ0v) is 10.7. The van der Waals surface area contributed by atoms with Crippen molar-refractivity contribution in [3.05, 3.63) is 18.2 Å². The van der Waals surface area contributed by atoms with Crippen molar-refractivity contribution in [2.24, 2.45) is 0 Å². The predicted octanol–water partition coefficient (Wildman–Crippen LogP) is -0.761. The Morgan fingerprint density at radius 1 is 1.61 bits per heavy atom. The number of nitrogens with one attached hydrogen (secondary N) is 3. The van der Waals surface area contributed by atoms with Gasteiger partial charge < -0.3 is 10.1 Å². The molecule has 0 spiro atoms. The highest BCUT2D eigenvalue weighted by atomic mass is 32.2. The molecule has 1 aromatic heterocycles. The molecular formula is C9H16N4O4S.